The number of hydrogen-bond acceptors (Lipinski definition) is 3. The van der Waals surface area contributed by atoms with E-state index in [-0.39, 0.29) is 11.9 Å². The molecule has 0 radical (unpaired) electrons. The van der Waals surface area contributed by atoms with E-state index < -0.39 is 21.8 Å². The summed E-state index contributed by atoms with van der Waals surface area (Å²) >= 11 is 0. The summed E-state index contributed by atoms with van der Waals surface area (Å²) in [7, 11) is -0.690. The highest BCUT2D eigenvalue weighted by Crippen LogP contribution is 2.28. The minimum absolute atomic E-state index is 0.0114. The largest absolute Gasteiger partial charge is 0.353 e. The third-order valence-corrected chi connectivity index (χ3v) is 5.28. The zero-order chi connectivity index (χ0) is 13.3. The summed E-state index contributed by atoms with van der Waals surface area (Å²) in [5.41, 5.74) is 4.86. The lowest BCUT2D eigenvalue weighted by Crippen LogP contribution is -2.57. The predicted molar refractivity (Wildman–Crippen MR) is 71.1 cm³/mol. The van der Waals surface area contributed by atoms with Gasteiger partial charge in [0.15, 0.2) is 0 Å². The van der Waals surface area contributed by atoms with Gasteiger partial charge in [-0.05, 0) is 40.5 Å². The number of carbonyl (C=O) groups excluding carboxylic acids is 1. The van der Waals surface area contributed by atoms with E-state index in [9.17, 15) is 9.00 Å². The maximum atomic E-state index is 12.2. The molecule has 1 saturated heterocycles. The van der Waals surface area contributed by atoms with Gasteiger partial charge in [0.25, 0.3) is 0 Å². The first kappa shape index (κ1) is 14.6. The molecule has 1 amide bonds. The Balaban J connectivity index is 2.58. The Bertz CT molecular complexity index is 311. The Kier molecular flexibility index (Phi) is 4.36. The van der Waals surface area contributed by atoms with Crippen LogP contribution in [0, 0.1) is 5.41 Å². The quantitative estimate of drug-likeness (QED) is 0.787. The molecule has 0 saturated carbocycles. The highest BCUT2D eigenvalue weighted by Gasteiger charge is 2.41. The number of carbonyl (C=O) groups is 1. The molecule has 100 valence electrons. The maximum absolute atomic E-state index is 12.2. The van der Waals surface area contributed by atoms with Crippen molar-refractivity contribution in [2.45, 2.75) is 52.1 Å². The standard InChI is InChI=1S/C12H24N2O2S/c1-11(2,12(3,4)13)10(15)14-9-5-7-17(16)8-6-9/h9H,5-8,13H2,1-4H3,(H,14,15). The molecule has 0 spiro atoms. The van der Waals surface area contributed by atoms with Crippen molar-refractivity contribution in [3.8, 4) is 0 Å². The lowest BCUT2D eigenvalue weighted by molar-refractivity contribution is -0.133. The van der Waals surface area contributed by atoms with Crippen molar-refractivity contribution in [3.63, 3.8) is 0 Å². The summed E-state index contributed by atoms with van der Waals surface area (Å²) in [5, 5.41) is 3.03. The van der Waals surface area contributed by atoms with Gasteiger partial charge in [0.2, 0.25) is 5.91 Å². The molecular weight excluding hydrogens is 236 g/mol. The molecule has 0 bridgehead atoms. The van der Waals surface area contributed by atoms with Gasteiger partial charge in [-0.3, -0.25) is 9.00 Å². The van der Waals surface area contributed by atoms with Crippen LogP contribution in [-0.2, 0) is 15.6 Å². The van der Waals surface area contributed by atoms with Crippen molar-refractivity contribution in [1.29, 1.82) is 0 Å². The van der Waals surface area contributed by atoms with E-state index in [1.165, 1.54) is 0 Å². The van der Waals surface area contributed by atoms with Gasteiger partial charge >= 0.3 is 0 Å². The Morgan fingerprint density at radius 1 is 1.24 bits per heavy atom. The Labute approximate surface area is 106 Å². The second kappa shape index (κ2) is 5.06. The molecule has 17 heavy (non-hydrogen) atoms. The third-order valence-electron chi connectivity index (χ3n) is 3.90. The summed E-state index contributed by atoms with van der Waals surface area (Å²) in [6, 6.07) is 0.154. The molecule has 0 aromatic carbocycles. The summed E-state index contributed by atoms with van der Waals surface area (Å²) in [4.78, 5) is 12.2. The number of nitrogens with one attached hydrogen (secondary N) is 1. The van der Waals surface area contributed by atoms with Crippen LogP contribution in [0.1, 0.15) is 40.5 Å². The molecule has 0 aromatic rings. The van der Waals surface area contributed by atoms with E-state index in [1.54, 1.807) is 0 Å². The van der Waals surface area contributed by atoms with E-state index in [1.807, 2.05) is 27.7 Å². The molecule has 1 rings (SSSR count). The minimum atomic E-state index is -0.690. The molecule has 1 heterocycles. The van der Waals surface area contributed by atoms with Gasteiger partial charge in [0.1, 0.15) is 0 Å². The Morgan fingerprint density at radius 2 is 1.71 bits per heavy atom. The van der Waals surface area contributed by atoms with Gasteiger partial charge in [0.05, 0.1) is 5.41 Å². The first-order valence-corrected chi connectivity index (χ1v) is 7.58. The first-order valence-electron chi connectivity index (χ1n) is 6.09. The second-order valence-electron chi connectivity index (χ2n) is 5.94. The number of nitrogens with two attached hydrogens (primary N) is 1. The van der Waals surface area contributed by atoms with Gasteiger partial charge in [-0.25, -0.2) is 0 Å². The van der Waals surface area contributed by atoms with Crippen LogP contribution in [0.15, 0.2) is 0 Å². The van der Waals surface area contributed by atoms with Crippen LogP contribution in [0.25, 0.3) is 0 Å². The van der Waals surface area contributed by atoms with Crippen LogP contribution in [-0.4, -0.2) is 33.2 Å². The van der Waals surface area contributed by atoms with E-state index in [0.717, 1.165) is 12.8 Å². The van der Waals surface area contributed by atoms with Gasteiger partial charge < -0.3 is 11.1 Å². The number of amides is 1. The minimum Gasteiger partial charge on any atom is -0.353 e. The molecule has 5 heteroatoms. The zero-order valence-electron chi connectivity index (χ0n) is 11.2. The maximum Gasteiger partial charge on any atom is 0.227 e. The smallest absolute Gasteiger partial charge is 0.227 e. The van der Waals surface area contributed by atoms with E-state index in [0.29, 0.717) is 11.5 Å². The summed E-state index contributed by atoms with van der Waals surface area (Å²) in [6.45, 7) is 7.46. The zero-order valence-corrected chi connectivity index (χ0v) is 12.0. The molecular formula is C12H24N2O2S. The van der Waals surface area contributed by atoms with Crippen molar-refractivity contribution in [2.24, 2.45) is 11.1 Å². The van der Waals surface area contributed by atoms with E-state index >= 15 is 0 Å². The van der Waals surface area contributed by atoms with Crippen LogP contribution in [0.4, 0.5) is 0 Å². The molecule has 0 unspecified atom stereocenters. The molecule has 1 aliphatic heterocycles. The number of rotatable bonds is 3. The molecule has 0 aromatic heterocycles. The van der Waals surface area contributed by atoms with Crippen molar-refractivity contribution in [2.75, 3.05) is 11.5 Å². The fourth-order valence-corrected chi connectivity index (χ4v) is 2.90. The van der Waals surface area contributed by atoms with Crippen molar-refractivity contribution < 1.29 is 9.00 Å². The molecule has 0 atom stereocenters. The van der Waals surface area contributed by atoms with Crippen molar-refractivity contribution in [1.82, 2.24) is 5.32 Å². The summed E-state index contributed by atoms with van der Waals surface area (Å²) < 4.78 is 11.2. The van der Waals surface area contributed by atoms with Gasteiger partial charge in [-0.1, -0.05) is 0 Å². The van der Waals surface area contributed by atoms with Crippen molar-refractivity contribution in [3.05, 3.63) is 0 Å². The fraction of sp³-hybridized carbons (Fsp3) is 0.917. The Morgan fingerprint density at radius 3 is 2.12 bits per heavy atom. The normalized spacial score (nSPS) is 26.6. The topological polar surface area (TPSA) is 72.2 Å². The monoisotopic (exact) mass is 260 g/mol. The van der Waals surface area contributed by atoms with Crippen LogP contribution in [0.3, 0.4) is 0 Å². The van der Waals surface area contributed by atoms with Crippen molar-refractivity contribution >= 4 is 16.7 Å². The molecule has 0 aliphatic carbocycles. The molecule has 1 fully saturated rings. The van der Waals surface area contributed by atoms with E-state index in [4.69, 9.17) is 5.73 Å². The van der Waals surface area contributed by atoms with Gasteiger partial charge in [-0.15, -0.1) is 0 Å². The van der Waals surface area contributed by atoms with Crippen LogP contribution in [0.2, 0.25) is 0 Å². The van der Waals surface area contributed by atoms with Crippen LogP contribution < -0.4 is 11.1 Å². The summed E-state index contributed by atoms with van der Waals surface area (Å²) in [6.07, 6.45) is 1.61. The first-order chi connectivity index (χ1) is 7.64. The molecule has 3 N–H and O–H groups in total. The fourth-order valence-electron chi connectivity index (χ4n) is 1.60. The summed E-state index contributed by atoms with van der Waals surface area (Å²) in [5.74, 6) is 1.37. The lowest BCUT2D eigenvalue weighted by atomic mass is 9.74. The van der Waals surface area contributed by atoms with E-state index in [2.05, 4.69) is 5.32 Å². The average molecular weight is 260 g/mol. The molecule has 4 nitrogen and oxygen atoms in total. The second-order valence-corrected chi connectivity index (χ2v) is 7.64. The predicted octanol–water partition coefficient (Wildman–Crippen LogP) is 0.777. The Hall–Kier alpha value is -0.420. The third kappa shape index (κ3) is 3.52. The van der Waals surface area contributed by atoms with Crippen LogP contribution >= 0.6 is 0 Å². The average Bonchev–Trinajstić information content (AvgIpc) is 2.19. The van der Waals surface area contributed by atoms with Gasteiger partial charge in [0, 0.05) is 33.9 Å². The number of hydrogen-bond donors (Lipinski definition) is 2. The highest BCUT2D eigenvalue weighted by molar-refractivity contribution is 7.85. The van der Waals surface area contributed by atoms with Gasteiger partial charge in [-0.2, -0.15) is 0 Å². The highest BCUT2D eigenvalue weighted by atomic mass is 32.2. The van der Waals surface area contributed by atoms with Crippen LogP contribution in [0.5, 0.6) is 0 Å². The lowest BCUT2D eigenvalue weighted by Gasteiger charge is -2.38. The molecule has 1 aliphatic rings. The SMILES string of the molecule is CC(C)(N)C(C)(C)C(=O)NC1CCS(=O)CC1.